The number of amides is 2. The van der Waals surface area contributed by atoms with E-state index in [0.29, 0.717) is 12.8 Å². The summed E-state index contributed by atoms with van der Waals surface area (Å²) >= 11 is 0.921. The number of aliphatic imine (C=N–C) groups is 1. The molecule has 3 rings (SSSR count). The summed E-state index contributed by atoms with van der Waals surface area (Å²) in [6, 6.07) is -0.866. The van der Waals surface area contributed by atoms with Crippen LogP contribution in [0.4, 0.5) is 0 Å². The lowest BCUT2D eigenvalue weighted by atomic mass is 10.2. The summed E-state index contributed by atoms with van der Waals surface area (Å²) in [7, 11) is -3.73. The Hall–Kier alpha value is -2.15. The summed E-state index contributed by atoms with van der Waals surface area (Å²) in [5.41, 5.74) is 4.53. The van der Waals surface area contributed by atoms with Crippen LogP contribution in [0, 0.1) is 0 Å². The number of hydrogen-bond acceptors (Lipinski definition) is 10. The highest BCUT2D eigenvalue weighted by Crippen LogP contribution is 2.36. The number of rotatable bonds is 6. The number of hydrazone groups is 1. The predicted octanol–water partition coefficient (Wildman–Crippen LogP) is -1.07. The maximum atomic E-state index is 12.3. The SMILES string of the molecule is CC(C)(C)OC(=O)CN1N=C(C(N)=O)C2N=C(C(=O)NS(=O)(=O)C3CC3)SC21. The molecule has 2 heterocycles. The Morgan fingerprint density at radius 3 is 2.50 bits per heavy atom. The highest BCUT2D eigenvalue weighted by atomic mass is 32.2. The van der Waals surface area contributed by atoms with Gasteiger partial charge in [-0.05, 0) is 33.6 Å². The van der Waals surface area contributed by atoms with Crippen LogP contribution >= 0.6 is 11.8 Å². The summed E-state index contributed by atoms with van der Waals surface area (Å²) in [5.74, 6) is -2.28. The lowest BCUT2D eigenvalue weighted by Gasteiger charge is -2.24. The normalized spacial score (nSPS) is 24.3. The van der Waals surface area contributed by atoms with E-state index < -0.39 is 50.1 Å². The molecule has 0 spiro atoms. The van der Waals surface area contributed by atoms with Gasteiger partial charge < -0.3 is 10.5 Å². The Bertz CT molecular complexity index is 887. The number of nitrogens with one attached hydrogen (secondary N) is 1. The van der Waals surface area contributed by atoms with Gasteiger partial charge in [-0.25, -0.2) is 13.1 Å². The van der Waals surface area contributed by atoms with Crippen molar-refractivity contribution in [2.45, 2.75) is 55.9 Å². The summed E-state index contributed by atoms with van der Waals surface area (Å²) in [5, 5.41) is 3.99. The van der Waals surface area contributed by atoms with Gasteiger partial charge in [0, 0.05) is 0 Å². The number of nitrogens with two attached hydrogens (primary N) is 1. The first kappa shape index (κ1) is 20.6. The van der Waals surface area contributed by atoms with Crippen molar-refractivity contribution in [1.29, 1.82) is 0 Å². The van der Waals surface area contributed by atoms with Gasteiger partial charge in [0.2, 0.25) is 10.0 Å². The van der Waals surface area contributed by atoms with E-state index in [4.69, 9.17) is 10.5 Å². The molecule has 0 saturated heterocycles. The van der Waals surface area contributed by atoms with Crippen LogP contribution in [-0.4, -0.2) is 70.8 Å². The molecule has 28 heavy (non-hydrogen) atoms. The van der Waals surface area contributed by atoms with Crippen LogP contribution in [0.2, 0.25) is 0 Å². The van der Waals surface area contributed by atoms with Crippen LogP contribution in [0.5, 0.6) is 0 Å². The number of ether oxygens (including phenoxy) is 1. The van der Waals surface area contributed by atoms with Gasteiger partial charge >= 0.3 is 5.97 Å². The van der Waals surface area contributed by atoms with Crippen molar-refractivity contribution < 1.29 is 27.5 Å². The predicted molar refractivity (Wildman–Crippen MR) is 102 cm³/mol. The van der Waals surface area contributed by atoms with Crippen LogP contribution in [0.25, 0.3) is 0 Å². The molecule has 2 aliphatic heterocycles. The molecular formula is C15H21N5O6S2. The number of esters is 1. The highest BCUT2D eigenvalue weighted by Gasteiger charge is 2.48. The Balaban J connectivity index is 1.73. The van der Waals surface area contributed by atoms with Crippen molar-refractivity contribution in [2.24, 2.45) is 15.8 Å². The molecule has 1 saturated carbocycles. The fraction of sp³-hybridized carbons (Fsp3) is 0.667. The molecular weight excluding hydrogens is 410 g/mol. The second-order valence-electron chi connectivity index (χ2n) is 7.60. The van der Waals surface area contributed by atoms with E-state index in [2.05, 4.69) is 10.1 Å². The van der Waals surface area contributed by atoms with Crippen LogP contribution in [0.3, 0.4) is 0 Å². The second kappa shape index (κ2) is 7.03. The highest BCUT2D eigenvalue weighted by molar-refractivity contribution is 8.16. The molecule has 3 aliphatic rings. The molecule has 2 amide bonds. The summed E-state index contributed by atoms with van der Waals surface area (Å²) < 4.78 is 31.2. The largest absolute Gasteiger partial charge is 0.459 e. The molecule has 2 unspecified atom stereocenters. The van der Waals surface area contributed by atoms with Gasteiger partial charge in [0.05, 0.1) is 5.25 Å². The fourth-order valence-electron chi connectivity index (χ4n) is 2.65. The molecule has 0 aromatic heterocycles. The molecule has 1 aliphatic carbocycles. The van der Waals surface area contributed by atoms with Gasteiger partial charge in [-0.1, -0.05) is 11.8 Å². The number of nitrogens with zero attached hydrogens (tertiary/aromatic N) is 3. The van der Waals surface area contributed by atoms with Crippen LogP contribution in [-0.2, 0) is 29.1 Å². The van der Waals surface area contributed by atoms with E-state index in [1.807, 2.05) is 4.72 Å². The molecule has 13 heteroatoms. The molecule has 3 N–H and O–H groups in total. The zero-order chi connectivity index (χ0) is 20.9. The first-order valence-corrected chi connectivity index (χ1v) is 11.0. The van der Waals surface area contributed by atoms with Gasteiger partial charge in [0.15, 0.2) is 10.8 Å². The van der Waals surface area contributed by atoms with E-state index in [-0.39, 0.29) is 17.3 Å². The molecule has 0 bridgehead atoms. The quantitative estimate of drug-likeness (QED) is 0.503. The lowest BCUT2D eigenvalue weighted by molar-refractivity contribution is -0.156. The van der Waals surface area contributed by atoms with Crippen LogP contribution in [0.1, 0.15) is 33.6 Å². The number of fused-ring (bicyclic) bond motifs is 1. The Labute approximate surface area is 166 Å². The number of primary amides is 1. The minimum absolute atomic E-state index is 0.103. The Morgan fingerprint density at radius 1 is 1.32 bits per heavy atom. The molecule has 0 aromatic rings. The minimum Gasteiger partial charge on any atom is -0.459 e. The number of sulfonamides is 1. The fourth-order valence-corrected chi connectivity index (χ4v) is 5.11. The van der Waals surface area contributed by atoms with E-state index in [9.17, 15) is 22.8 Å². The minimum atomic E-state index is -3.73. The zero-order valence-corrected chi connectivity index (χ0v) is 17.2. The molecule has 1 fully saturated rings. The van der Waals surface area contributed by atoms with Gasteiger partial charge in [-0.15, -0.1) is 0 Å². The summed E-state index contributed by atoms with van der Waals surface area (Å²) in [6.07, 6.45) is 1.02. The van der Waals surface area contributed by atoms with Crippen molar-refractivity contribution in [1.82, 2.24) is 9.73 Å². The molecule has 11 nitrogen and oxygen atoms in total. The second-order valence-corrected chi connectivity index (χ2v) is 10.7. The van der Waals surface area contributed by atoms with Gasteiger partial charge in [0.25, 0.3) is 11.8 Å². The Kier molecular flexibility index (Phi) is 5.17. The average molecular weight is 431 g/mol. The smallest absolute Gasteiger partial charge is 0.327 e. The van der Waals surface area contributed by atoms with Crippen molar-refractivity contribution in [3.63, 3.8) is 0 Å². The lowest BCUT2D eigenvalue weighted by Crippen LogP contribution is -2.39. The topological polar surface area (TPSA) is 161 Å². The summed E-state index contributed by atoms with van der Waals surface area (Å²) in [4.78, 5) is 40.2. The maximum Gasteiger partial charge on any atom is 0.327 e. The third-order valence-electron chi connectivity index (χ3n) is 3.92. The number of carbonyl (C=O) groups excluding carboxylic acids is 3. The third kappa shape index (κ3) is 4.46. The van der Waals surface area contributed by atoms with Crippen molar-refractivity contribution in [3.8, 4) is 0 Å². The molecule has 0 aromatic carbocycles. The van der Waals surface area contributed by atoms with Gasteiger partial charge in [0.1, 0.15) is 23.6 Å². The zero-order valence-electron chi connectivity index (χ0n) is 15.5. The van der Waals surface area contributed by atoms with Crippen molar-refractivity contribution in [3.05, 3.63) is 0 Å². The summed E-state index contributed by atoms with van der Waals surface area (Å²) in [6.45, 7) is 4.87. The van der Waals surface area contributed by atoms with Crippen molar-refractivity contribution >= 4 is 50.3 Å². The van der Waals surface area contributed by atoms with Crippen LogP contribution < -0.4 is 10.5 Å². The first-order valence-electron chi connectivity index (χ1n) is 8.54. The number of hydrogen-bond donors (Lipinski definition) is 2. The first-order chi connectivity index (χ1) is 12.9. The van der Waals surface area contributed by atoms with Gasteiger partial charge in [-0.2, -0.15) is 5.10 Å². The monoisotopic (exact) mass is 431 g/mol. The van der Waals surface area contributed by atoms with E-state index in [0.717, 1.165) is 11.8 Å². The number of carbonyl (C=O) groups is 3. The third-order valence-corrected chi connectivity index (χ3v) is 7.00. The van der Waals surface area contributed by atoms with E-state index in [1.54, 1.807) is 20.8 Å². The van der Waals surface area contributed by atoms with Crippen molar-refractivity contribution in [2.75, 3.05) is 6.54 Å². The van der Waals surface area contributed by atoms with E-state index >= 15 is 0 Å². The van der Waals surface area contributed by atoms with E-state index in [1.165, 1.54) is 5.01 Å². The van der Waals surface area contributed by atoms with Crippen LogP contribution in [0.15, 0.2) is 10.1 Å². The molecule has 0 radical (unpaired) electrons. The van der Waals surface area contributed by atoms with Gasteiger partial charge in [-0.3, -0.25) is 24.4 Å². The average Bonchev–Trinajstić information content (AvgIpc) is 3.21. The molecule has 2 atom stereocenters. The number of thioether (sulfide) groups is 1. The maximum absolute atomic E-state index is 12.3. The standard InChI is InChI=1S/C15H21N5O6S2/c1-15(2,3)26-8(21)6-20-14-10(9(18-20)11(16)22)17-13(27-14)12(23)19-28(24,25)7-4-5-7/h7,10,14H,4-6H2,1-3H3,(H2,16,22)(H,19,23). The molecule has 154 valence electrons. The Morgan fingerprint density at radius 2 is 1.96 bits per heavy atom.